The highest BCUT2D eigenvalue weighted by molar-refractivity contribution is 7.88. The van der Waals surface area contributed by atoms with E-state index in [-0.39, 0.29) is 57.3 Å². The Balaban J connectivity index is 1.55. The van der Waals surface area contributed by atoms with Gasteiger partial charge < -0.3 is 14.7 Å². The number of nitrogens with zero attached hydrogens (tertiary/aromatic N) is 4. The molecule has 0 spiro atoms. The van der Waals surface area contributed by atoms with Crippen LogP contribution in [0.1, 0.15) is 28.2 Å². The average molecular weight is 621 g/mol. The van der Waals surface area contributed by atoms with Gasteiger partial charge in [-0.1, -0.05) is 30.3 Å². The minimum Gasteiger partial charge on any atom is -0.340 e. The van der Waals surface area contributed by atoms with Crippen LogP contribution in [0, 0.1) is 0 Å². The molecule has 2 aliphatic rings. The topological polar surface area (TPSA) is 81.2 Å². The molecule has 0 aromatic heterocycles. The predicted molar refractivity (Wildman–Crippen MR) is 141 cm³/mol. The second-order valence-corrected chi connectivity index (χ2v) is 12.5. The van der Waals surface area contributed by atoms with Crippen molar-refractivity contribution in [2.75, 3.05) is 52.6 Å². The number of hydrogen-bond donors (Lipinski definition) is 0. The third-order valence-electron chi connectivity index (χ3n) is 7.66. The van der Waals surface area contributed by atoms with Crippen LogP contribution in [0.25, 0.3) is 0 Å². The van der Waals surface area contributed by atoms with Gasteiger partial charge in [0.15, 0.2) is 0 Å². The van der Waals surface area contributed by atoms with E-state index in [1.54, 1.807) is 18.2 Å². The zero-order valence-corrected chi connectivity index (χ0v) is 23.6. The molecule has 3 amide bonds. The molecule has 230 valence electrons. The van der Waals surface area contributed by atoms with Gasteiger partial charge in [-0.05, 0) is 29.3 Å². The van der Waals surface area contributed by atoms with Gasteiger partial charge in [-0.15, -0.1) is 0 Å². The molecule has 42 heavy (non-hydrogen) atoms. The Morgan fingerprint density at radius 3 is 1.90 bits per heavy atom. The zero-order valence-electron chi connectivity index (χ0n) is 22.8. The number of amides is 3. The van der Waals surface area contributed by atoms with Crippen molar-refractivity contribution < 1.29 is 44.3 Å². The molecule has 4 rings (SSSR count). The Hall–Kier alpha value is -3.33. The predicted octanol–water partition coefficient (Wildman–Crippen LogP) is 3.89. The highest BCUT2D eigenvalue weighted by Gasteiger charge is 2.42. The second-order valence-electron chi connectivity index (χ2n) is 10.5. The lowest BCUT2D eigenvalue weighted by Crippen LogP contribution is -2.53. The van der Waals surface area contributed by atoms with Crippen LogP contribution < -0.4 is 0 Å². The molecule has 0 saturated carbocycles. The van der Waals surface area contributed by atoms with E-state index >= 15 is 0 Å². The summed E-state index contributed by atoms with van der Waals surface area (Å²) in [5.74, 6) is -1.09. The van der Waals surface area contributed by atoms with Gasteiger partial charge in [0.2, 0.25) is 15.9 Å². The summed E-state index contributed by atoms with van der Waals surface area (Å²) in [6.45, 7) is 0.908. The first kappa shape index (κ1) is 31.6. The largest absolute Gasteiger partial charge is 0.416 e. The quantitative estimate of drug-likeness (QED) is 0.476. The number of benzene rings is 2. The van der Waals surface area contributed by atoms with E-state index in [0.717, 1.165) is 11.8 Å². The van der Waals surface area contributed by atoms with Crippen molar-refractivity contribution in [3.63, 3.8) is 0 Å². The van der Waals surface area contributed by atoms with Crippen LogP contribution in [0.2, 0.25) is 0 Å². The summed E-state index contributed by atoms with van der Waals surface area (Å²) in [6.07, 6.45) is -9.69. The molecule has 2 heterocycles. The summed E-state index contributed by atoms with van der Waals surface area (Å²) in [5.41, 5.74) is -2.63. The number of piperazine rings is 1. The van der Waals surface area contributed by atoms with Gasteiger partial charge in [-0.2, -0.15) is 30.6 Å². The lowest BCUT2D eigenvalue weighted by Gasteiger charge is -2.35. The lowest BCUT2D eigenvalue weighted by atomic mass is 9.93. The molecule has 2 fully saturated rings. The van der Waals surface area contributed by atoms with E-state index in [1.165, 1.54) is 26.1 Å². The first-order chi connectivity index (χ1) is 19.4. The highest BCUT2D eigenvalue weighted by Crippen LogP contribution is 2.37. The molecule has 0 radical (unpaired) electrons. The highest BCUT2D eigenvalue weighted by atomic mass is 32.2. The maximum atomic E-state index is 13.4. The number of halogens is 6. The Morgan fingerprint density at radius 2 is 1.40 bits per heavy atom. The number of rotatable bonds is 5. The van der Waals surface area contributed by atoms with Gasteiger partial charge in [0.1, 0.15) is 0 Å². The minimum atomic E-state index is -5.04. The molecule has 8 nitrogen and oxygen atoms in total. The van der Waals surface area contributed by atoms with Crippen molar-refractivity contribution in [2.45, 2.75) is 30.7 Å². The van der Waals surface area contributed by atoms with E-state index in [9.17, 15) is 44.3 Å². The van der Waals surface area contributed by atoms with Gasteiger partial charge in [-0.25, -0.2) is 13.2 Å². The summed E-state index contributed by atoms with van der Waals surface area (Å²) < 4.78 is 105. The number of hydrogen-bond acceptors (Lipinski definition) is 4. The Bertz CT molecular complexity index is 1380. The average Bonchev–Trinajstić information content (AvgIpc) is 3.36. The molecule has 0 unspecified atom stereocenters. The molecular formula is C27H30F6N4O4S. The fourth-order valence-electron chi connectivity index (χ4n) is 5.38. The monoisotopic (exact) mass is 620 g/mol. The van der Waals surface area contributed by atoms with Crippen molar-refractivity contribution in [1.82, 2.24) is 19.0 Å². The molecule has 0 N–H and O–H groups in total. The summed E-state index contributed by atoms with van der Waals surface area (Å²) in [4.78, 5) is 31.0. The molecule has 0 aliphatic carbocycles. The molecule has 2 saturated heterocycles. The Kier molecular flexibility index (Phi) is 8.84. The van der Waals surface area contributed by atoms with Crippen molar-refractivity contribution in [1.29, 1.82) is 0 Å². The standard InChI is InChI=1S/C27H30F6N4O4S/c1-34(24(38)14-18-12-20(26(28,29)30)15-21(13-18)27(31,32)33)23-17-36(16-22(23)19-6-4-3-5-7-19)25(39)35-8-10-37(11-9-35)42(2,40)41/h3-7,12-13,15,22-23H,8-11,14,16-17H2,1-2H3/t22-,23+/m1/s1. The number of carbonyl (C=O) groups is 2. The van der Waals surface area contributed by atoms with Crippen molar-refractivity contribution >= 4 is 22.0 Å². The smallest absolute Gasteiger partial charge is 0.340 e. The number of sulfonamides is 1. The molecule has 0 bridgehead atoms. The number of likely N-dealkylation sites (N-methyl/N-ethyl adjacent to an activating group) is 1. The van der Waals surface area contributed by atoms with E-state index in [2.05, 4.69) is 0 Å². The fourth-order valence-corrected chi connectivity index (χ4v) is 6.21. The SMILES string of the molecule is CN(C(=O)Cc1cc(C(F)(F)F)cc(C(F)(F)F)c1)[C@H]1CN(C(=O)N2CCN(S(C)(=O)=O)CC2)C[C@@H]1c1ccccc1. The normalized spacial score (nSPS) is 20.6. The fraction of sp³-hybridized carbons (Fsp3) is 0.481. The maximum Gasteiger partial charge on any atom is 0.416 e. The Labute approximate surface area is 239 Å². The van der Waals surface area contributed by atoms with Crippen LogP contribution >= 0.6 is 0 Å². The van der Waals surface area contributed by atoms with Crippen molar-refractivity contribution in [2.24, 2.45) is 0 Å². The van der Waals surface area contributed by atoms with Crippen molar-refractivity contribution in [3.8, 4) is 0 Å². The van der Waals surface area contributed by atoms with E-state index < -0.39 is 57.4 Å². The van der Waals surface area contributed by atoms with Crippen LogP contribution in [0.3, 0.4) is 0 Å². The molecule has 2 aliphatic heterocycles. The first-order valence-electron chi connectivity index (χ1n) is 13.0. The van der Waals surface area contributed by atoms with Crippen LogP contribution in [-0.4, -0.2) is 98.0 Å². The van der Waals surface area contributed by atoms with Crippen molar-refractivity contribution in [3.05, 3.63) is 70.8 Å². The Morgan fingerprint density at radius 1 is 0.857 bits per heavy atom. The summed E-state index contributed by atoms with van der Waals surface area (Å²) in [7, 11) is -1.99. The first-order valence-corrected chi connectivity index (χ1v) is 14.9. The molecule has 2 atom stereocenters. The molecule has 15 heteroatoms. The third-order valence-corrected chi connectivity index (χ3v) is 8.96. The van der Waals surface area contributed by atoms with Crippen LogP contribution in [0.15, 0.2) is 48.5 Å². The van der Waals surface area contributed by atoms with Gasteiger partial charge >= 0.3 is 18.4 Å². The van der Waals surface area contributed by atoms with Crippen LogP contribution in [-0.2, 0) is 33.6 Å². The zero-order chi connectivity index (χ0) is 31.0. The minimum absolute atomic E-state index is 0.0132. The van der Waals surface area contributed by atoms with E-state index in [1.807, 2.05) is 12.1 Å². The number of urea groups is 1. The van der Waals surface area contributed by atoms with Crippen LogP contribution in [0.5, 0.6) is 0 Å². The number of likely N-dealkylation sites (tertiary alicyclic amines) is 1. The second kappa shape index (κ2) is 11.7. The van der Waals surface area contributed by atoms with Gasteiger partial charge in [-0.3, -0.25) is 4.79 Å². The van der Waals surface area contributed by atoms with Crippen LogP contribution in [0.4, 0.5) is 31.1 Å². The molecule has 2 aromatic carbocycles. The van der Waals surface area contributed by atoms with Gasteiger partial charge in [0.05, 0.1) is 29.8 Å². The van der Waals surface area contributed by atoms with Gasteiger partial charge in [0.25, 0.3) is 0 Å². The third kappa shape index (κ3) is 7.17. The van der Waals surface area contributed by atoms with E-state index in [0.29, 0.717) is 12.1 Å². The maximum absolute atomic E-state index is 13.4. The van der Waals surface area contributed by atoms with E-state index in [4.69, 9.17) is 0 Å². The van der Waals surface area contributed by atoms with Gasteiger partial charge in [0, 0.05) is 52.2 Å². The summed E-state index contributed by atoms with van der Waals surface area (Å²) in [6, 6.07) is 9.11. The lowest BCUT2D eigenvalue weighted by molar-refractivity contribution is -0.143. The summed E-state index contributed by atoms with van der Waals surface area (Å²) in [5, 5.41) is 0. The summed E-state index contributed by atoms with van der Waals surface area (Å²) >= 11 is 0. The molecular weight excluding hydrogens is 590 g/mol. The molecule has 2 aromatic rings. The number of carbonyl (C=O) groups excluding carboxylic acids is 2. The number of alkyl halides is 6.